The van der Waals surface area contributed by atoms with Gasteiger partial charge in [-0.25, -0.2) is 4.98 Å². The Bertz CT molecular complexity index is 582. The van der Waals surface area contributed by atoms with Gasteiger partial charge in [-0.15, -0.1) is 17.9 Å². The van der Waals surface area contributed by atoms with Gasteiger partial charge in [0.25, 0.3) is 0 Å². The van der Waals surface area contributed by atoms with Gasteiger partial charge in [0.2, 0.25) is 0 Å². The van der Waals surface area contributed by atoms with Crippen LogP contribution in [0, 0.1) is 0 Å². The van der Waals surface area contributed by atoms with Crippen LogP contribution in [0.1, 0.15) is 16.8 Å². The largest absolute Gasteiger partial charge is 0.493 e. The summed E-state index contributed by atoms with van der Waals surface area (Å²) in [5.74, 6) is 1.53. The van der Waals surface area contributed by atoms with E-state index < -0.39 is 0 Å². The van der Waals surface area contributed by atoms with Gasteiger partial charge in [-0.3, -0.25) is 0 Å². The summed E-state index contributed by atoms with van der Waals surface area (Å²) >= 11 is 1.61. The number of nitrogens with one attached hydrogen (secondary N) is 1. The third-order valence-corrected chi connectivity index (χ3v) is 3.73. The number of benzene rings is 1. The maximum atomic E-state index is 5.44. The fourth-order valence-electron chi connectivity index (χ4n) is 2.18. The third-order valence-electron chi connectivity index (χ3n) is 3.10. The molecule has 112 valence electrons. The number of ether oxygens (including phenoxy) is 2. The molecule has 2 rings (SSSR count). The summed E-state index contributed by atoms with van der Waals surface area (Å²) in [6.45, 7) is 5.30. The van der Waals surface area contributed by atoms with Crippen LogP contribution in [0.25, 0.3) is 0 Å². The first-order valence-corrected chi connectivity index (χ1v) is 7.65. The van der Waals surface area contributed by atoms with Crippen LogP contribution in [0.4, 0.5) is 0 Å². The van der Waals surface area contributed by atoms with Crippen LogP contribution in [0.15, 0.2) is 35.7 Å². The summed E-state index contributed by atoms with van der Waals surface area (Å²) in [5, 5.41) is 5.43. The molecule has 0 atom stereocenters. The van der Waals surface area contributed by atoms with Gasteiger partial charge in [-0.1, -0.05) is 12.1 Å². The summed E-state index contributed by atoms with van der Waals surface area (Å²) in [4.78, 5) is 4.25. The molecule has 0 aliphatic heterocycles. The van der Waals surface area contributed by atoms with E-state index in [-0.39, 0.29) is 0 Å². The summed E-state index contributed by atoms with van der Waals surface area (Å²) in [6, 6.07) is 4.12. The van der Waals surface area contributed by atoms with Crippen molar-refractivity contribution in [1.29, 1.82) is 0 Å². The smallest absolute Gasteiger partial charge is 0.164 e. The lowest BCUT2D eigenvalue weighted by Crippen LogP contribution is -2.13. The Morgan fingerprint density at radius 1 is 1.29 bits per heavy atom. The van der Waals surface area contributed by atoms with E-state index in [9.17, 15) is 0 Å². The second-order valence-corrected chi connectivity index (χ2v) is 5.29. The molecule has 5 heteroatoms. The van der Waals surface area contributed by atoms with E-state index in [0.717, 1.165) is 47.8 Å². The number of hydrogen-bond donors (Lipinski definition) is 1. The molecule has 1 aromatic carbocycles. The van der Waals surface area contributed by atoms with Gasteiger partial charge in [0.15, 0.2) is 11.5 Å². The minimum absolute atomic E-state index is 0.749. The molecule has 1 heterocycles. The molecular weight excluding hydrogens is 284 g/mol. The zero-order chi connectivity index (χ0) is 15.1. The van der Waals surface area contributed by atoms with Gasteiger partial charge in [0.05, 0.1) is 25.4 Å². The van der Waals surface area contributed by atoms with Gasteiger partial charge < -0.3 is 14.8 Å². The molecule has 1 aromatic heterocycles. The van der Waals surface area contributed by atoms with Crippen molar-refractivity contribution in [3.05, 3.63) is 52.5 Å². The van der Waals surface area contributed by atoms with Crippen LogP contribution in [-0.4, -0.2) is 19.2 Å². The zero-order valence-electron chi connectivity index (χ0n) is 12.4. The predicted molar refractivity (Wildman–Crippen MR) is 86.1 cm³/mol. The first-order valence-electron chi connectivity index (χ1n) is 6.71. The first kappa shape index (κ1) is 15.5. The summed E-state index contributed by atoms with van der Waals surface area (Å²) in [6.07, 6.45) is 2.61. The number of methoxy groups -OCH3 is 2. The number of thiazole rings is 1. The van der Waals surface area contributed by atoms with Crippen LogP contribution in [-0.2, 0) is 19.5 Å². The SMILES string of the molecule is C=CCc1cc(CNCc2cscn2)cc(OC)c1OC. The molecule has 0 unspecified atom stereocenters. The number of nitrogens with zero attached hydrogens (tertiary/aromatic N) is 1. The van der Waals surface area contributed by atoms with Gasteiger partial charge in [-0.2, -0.15) is 0 Å². The number of aromatic nitrogens is 1. The van der Waals surface area contributed by atoms with E-state index in [0.29, 0.717) is 0 Å². The van der Waals surface area contributed by atoms with E-state index in [1.54, 1.807) is 25.6 Å². The van der Waals surface area contributed by atoms with Gasteiger partial charge in [0, 0.05) is 24.0 Å². The highest BCUT2D eigenvalue weighted by molar-refractivity contribution is 7.07. The summed E-state index contributed by atoms with van der Waals surface area (Å²) in [5.41, 5.74) is 5.14. The van der Waals surface area contributed by atoms with E-state index in [4.69, 9.17) is 9.47 Å². The molecule has 0 spiro atoms. The van der Waals surface area contributed by atoms with Crippen LogP contribution in [0.3, 0.4) is 0 Å². The van der Waals surface area contributed by atoms with Crippen molar-refractivity contribution in [3.63, 3.8) is 0 Å². The van der Waals surface area contributed by atoms with Crippen molar-refractivity contribution in [2.75, 3.05) is 14.2 Å². The van der Waals surface area contributed by atoms with E-state index in [1.165, 1.54) is 0 Å². The lowest BCUT2D eigenvalue weighted by atomic mass is 10.1. The summed E-state index contributed by atoms with van der Waals surface area (Å²) < 4.78 is 10.9. The van der Waals surface area contributed by atoms with Crippen molar-refractivity contribution in [1.82, 2.24) is 10.3 Å². The van der Waals surface area contributed by atoms with Gasteiger partial charge in [0.1, 0.15) is 0 Å². The molecule has 4 nitrogen and oxygen atoms in total. The maximum absolute atomic E-state index is 5.44. The zero-order valence-corrected chi connectivity index (χ0v) is 13.2. The molecule has 2 aromatic rings. The molecule has 0 saturated carbocycles. The lowest BCUT2D eigenvalue weighted by Gasteiger charge is -2.14. The highest BCUT2D eigenvalue weighted by Gasteiger charge is 2.11. The third kappa shape index (κ3) is 4.06. The van der Waals surface area contributed by atoms with Crippen molar-refractivity contribution >= 4 is 11.3 Å². The molecule has 21 heavy (non-hydrogen) atoms. The normalized spacial score (nSPS) is 10.4. The number of rotatable bonds is 8. The second-order valence-electron chi connectivity index (χ2n) is 4.57. The topological polar surface area (TPSA) is 43.4 Å². The highest BCUT2D eigenvalue weighted by atomic mass is 32.1. The van der Waals surface area contributed by atoms with E-state index in [1.807, 2.05) is 23.0 Å². The quantitative estimate of drug-likeness (QED) is 0.761. The van der Waals surface area contributed by atoms with Gasteiger partial charge >= 0.3 is 0 Å². The maximum Gasteiger partial charge on any atom is 0.164 e. The standard InChI is InChI=1S/C16H20N2O2S/c1-4-5-13-6-12(7-15(19-2)16(13)20-3)8-17-9-14-10-21-11-18-14/h4,6-7,10-11,17H,1,5,8-9H2,2-3H3. The van der Waals surface area contributed by atoms with Crippen LogP contribution in [0.2, 0.25) is 0 Å². The minimum Gasteiger partial charge on any atom is -0.493 e. The Balaban J connectivity index is 2.11. The molecule has 0 radical (unpaired) electrons. The van der Waals surface area contributed by atoms with E-state index >= 15 is 0 Å². The predicted octanol–water partition coefficient (Wildman–Crippen LogP) is 3.18. The lowest BCUT2D eigenvalue weighted by molar-refractivity contribution is 0.351. The minimum atomic E-state index is 0.749. The molecule has 0 aliphatic carbocycles. The Labute approximate surface area is 129 Å². The second kappa shape index (κ2) is 7.81. The van der Waals surface area contributed by atoms with E-state index in [2.05, 4.69) is 22.9 Å². The van der Waals surface area contributed by atoms with Crippen LogP contribution < -0.4 is 14.8 Å². The number of hydrogen-bond acceptors (Lipinski definition) is 5. The molecule has 1 N–H and O–H groups in total. The van der Waals surface area contributed by atoms with Crippen molar-refractivity contribution in [2.45, 2.75) is 19.5 Å². The molecule has 0 saturated heterocycles. The van der Waals surface area contributed by atoms with Crippen molar-refractivity contribution in [2.24, 2.45) is 0 Å². The fourth-order valence-corrected chi connectivity index (χ4v) is 2.73. The molecule has 0 fully saturated rings. The Morgan fingerprint density at radius 3 is 2.76 bits per heavy atom. The first-order chi connectivity index (χ1) is 10.3. The highest BCUT2D eigenvalue weighted by Crippen LogP contribution is 2.33. The summed E-state index contributed by atoms with van der Waals surface area (Å²) in [7, 11) is 3.31. The van der Waals surface area contributed by atoms with Gasteiger partial charge in [-0.05, 0) is 18.1 Å². The molecule has 0 aliphatic rings. The average Bonchev–Trinajstić information content (AvgIpc) is 3.00. The Hall–Kier alpha value is -1.85. The van der Waals surface area contributed by atoms with Crippen LogP contribution in [0.5, 0.6) is 11.5 Å². The fraction of sp³-hybridized carbons (Fsp3) is 0.312. The Kier molecular flexibility index (Phi) is 5.78. The van der Waals surface area contributed by atoms with Crippen molar-refractivity contribution < 1.29 is 9.47 Å². The molecule has 0 amide bonds. The molecular formula is C16H20N2O2S. The number of allylic oxidation sites excluding steroid dienone is 1. The molecule has 0 bridgehead atoms. The Morgan fingerprint density at radius 2 is 2.14 bits per heavy atom. The van der Waals surface area contributed by atoms with Crippen LogP contribution >= 0.6 is 11.3 Å². The monoisotopic (exact) mass is 304 g/mol. The average molecular weight is 304 g/mol. The van der Waals surface area contributed by atoms with Crippen molar-refractivity contribution in [3.8, 4) is 11.5 Å².